The summed E-state index contributed by atoms with van der Waals surface area (Å²) in [5.41, 5.74) is 3.05. The number of anilines is 1. The van der Waals surface area contributed by atoms with Crippen molar-refractivity contribution < 1.29 is 9.59 Å². The Balaban J connectivity index is 2.02. The first-order valence-corrected chi connectivity index (χ1v) is 7.68. The Hall–Kier alpha value is -2.89. The van der Waals surface area contributed by atoms with E-state index in [1.807, 2.05) is 26.0 Å². The fraction of sp³-hybridized carbons (Fsp3) is 0.278. The zero-order valence-electron chi connectivity index (χ0n) is 14.3. The molecule has 6 heteroatoms. The van der Waals surface area contributed by atoms with Gasteiger partial charge in [0.1, 0.15) is 0 Å². The highest BCUT2D eigenvalue weighted by Crippen LogP contribution is 2.17. The number of nitrogens with zero attached hydrogens (tertiary/aromatic N) is 2. The third-order valence-electron chi connectivity index (χ3n) is 3.67. The summed E-state index contributed by atoms with van der Waals surface area (Å²) in [5.74, 6) is -0.0604. The predicted octanol–water partition coefficient (Wildman–Crippen LogP) is 2.97. The van der Waals surface area contributed by atoms with Gasteiger partial charge in [0.05, 0.1) is 6.04 Å². The molecule has 24 heavy (non-hydrogen) atoms. The maximum atomic E-state index is 12.1. The van der Waals surface area contributed by atoms with Crippen molar-refractivity contribution in [1.82, 2.24) is 15.2 Å². The molecule has 0 spiro atoms. The summed E-state index contributed by atoms with van der Waals surface area (Å²) in [5, 5.41) is 5.65. The van der Waals surface area contributed by atoms with Crippen molar-refractivity contribution in [3.05, 3.63) is 59.4 Å². The molecule has 2 aromatic rings. The van der Waals surface area contributed by atoms with Gasteiger partial charge in [0.2, 0.25) is 0 Å². The normalized spacial score (nSPS) is 11.5. The predicted molar refractivity (Wildman–Crippen MR) is 94.0 cm³/mol. The molecule has 1 aromatic carbocycles. The highest BCUT2D eigenvalue weighted by atomic mass is 16.2. The lowest BCUT2D eigenvalue weighted by molar-refractivity contribution is 0.0827. The van der Waals surface area contributed by atoms with Crippen molar-refractivity contribution in [1.29, 1.82) is 0 Å². The number of carbonyl (C=O) groups is 2. The molecule has 0 radical (unpaired) electrons. The van der Waals surface area contributed by atoms with E-state index < -0.39 is 0 Å². The second-order valence-electron chi connectivity index (χ2n) is 5.83. The first-order chi connectivity index (χ1) is 11.4. The number of hydrogen-bond donors (Lipinski definition) is 2. The van der Waals surface area contributed by atoms with Crippen LogP contribution in [0, 0.1) is 6.92 Å². The van der Waals surface area contributed by atoms with Crippen LogP contribution in [0.1, 0.15) is 34.5 Å². The van der Waals surface area contributed by atoms with Gasteiger partial charge in [-0.05, 0) is 55.3 Å². The van der Waals surface area contributed by atoms with Crippen LogP contribution in [0.25, 0.3) is 0 Å². The van der Waals surface area contributed by atoms with Gasteiger partial charge in [-0.1, -0.05) is 0 Å². The molecule has 2 N–H and O–H groups in total. The fourth-order valence-corrected chi connectivity index (χ4v) is 2.32. The summed E-state index contributed by atoms with van der Waals surface area (Å²) in [7, 11) is 3.42. The maximum Gasteiger partial charge on any atom is 0.319 e. The molecule has 6 nitrogen and oxygen atoms in total. The molecule has 0 aliphatic rings. The highest BCUT2D eigenvalue weighted by Gasteiger charge is 2.13. The average Bonchev–Trinajstić information content (AvgIpc) is 2.55. The quantitative estimate of drug-likeness (QED) is 0.907. The number of carbonyl (C=O) groups excluding carboxylic acids is 2. The molecule has 1 aromatic heterocycles. The number of hydrogen-bond acceptors (Lipinski definition) is 3. The van der Waals surface area contributed by atoms with Crippen molar-refractivity contribution in [2.45, 2.75) is 19.9 Å². The van der Waals surface area contributed by atoms with Crippen molar-refractivity contribution in [2.75, 3.05) is 19.4 Å². The molecule has 0 unspecified atom stereocenters. The van der Waals surface area contributed by atoms with E-state index in [4.69, 9.17) is 0 Å². The number of nitrogens with one attached hydrogen (secondary N) is 2. The summed E-state index contributed by atoms with van der Waals surface area (Å²) >= 11 is 0. The molecule has 126 valence electrons. The largest absolute Gasteiger partial charge is 0.345 e. The third-order valence-corrected chi connectivity index (χ3v) is 3.67. The minimum Gasteiger partial charge on any atom is -0.345 e. The van der Waals surface area contributed by atoms with Crippen LogP contribution in [0.15, 0.2) is 42.7 Å². The Kier molecular flexibility index (Phi) is 5.52. The van der Waals surface area contributed by atoms with Crippen LogP contribution in [0.5, 0.6) is 0 Å². The van der Waals surface area contributed by atoms with E-state index in [9.17, 15) is 9.59 Å². The lowest BCUT2D eigenvalue weighted by Crippen LogP contribution is -2.31. The first-order valence-electron chi connectivity index (χ1n) is 7.68. The second kappa shape index (κ2) is 7.59. The number of aromatic nitrogens is 1. The maximum absolute atomic E-state index is 12.1. The molecule has 2 rings (SSSR count). The van der Waals surface area contributed by atoms with Gasteiger partial charge in [0.25, 0.3) is 5.91 Å². The Labute approximate surface area is 141 Å². The van der Waals surface area contributed by atoms with E-state index in [0.29, 0.717) is 11.3 Å². The first kappa shape index (κ1) is 17.5. The number of benzene rings is 1. The SMILES string of the molecule is Cc1cc(NC(=O)N[C@H](C)c2ccncc2)ccc1C(=O)N(C)C. The van der Waals surface area contributed by atoms with Gasteiger partial charge in [-0.15, -0.1) is 0 Å². The van der Waals surface area contributed by atoms with E-state index in [2.05, 4.69) is 15.6 Å². The number of urea groups is 1. The summed E-state index contributed by atoms with van der Waals surface area (Å²) in [6.07, 6.45) is 3.38. The third kappa shape index (κ3) is 4.32. The zero-order valence-corrected chi connectivity index (χ0v) is 14.3. The smallest absolute Gasteiger partial charge is 0.319 e. The minimum atomic E-state index is -0.301. The van der Waals surface area contributed by atoms with Crippen molar-refractivity contribution in [2.24, 2.45) is 0 Å². The van der Waals surface area contributed by atoms with Crippen LogP contribution in [0.2, 0.25) is 0 Å². The van der Waals surface area contributed by atoms with Crippen LogP contribution >= 0.6 is 0 Å². The van der Waals surface area contributed by atoms with Crippen LogP contribution in [-0.2, 0) is 0 Å². The lowest BCUT2D eigenvalue weighted by Gasteiger charge is -2.16. The van der Waals surface area contributed by atoms with E-state index in [-0.39, 0.29) is 18.0 Å². The molecule has 0 fully saturated rings. The van der Waals surface area contributed by atoms with E-state index in [1.54, 1.807) is 44.7 Å². The minimum absolute atomic E-state index is 0.0604. The van der Waals surface area contributed by atoms with Crippen LogP contribution in [-0.4, -0.2) is 35.9 Å². The second-order valence-corrected chi connectivity index (χ2v) is 5.83. The number of amides is 3. The number of rotatable bonds is 4. The number of aryl methyl sites for hydroxylation is 1. The van der Waals surface area contributed by atoms with Gasteiger partial charge in [-0.25, -0.2) is 4.79 Å². The van der Waals surface area contributed by atoms with Gasteiger partial charge < -0.3 is 15.5 Å². The highest BCUT2D eigenvalue weighted by molar-refractivity contribution is 5.96. The van der Waals surface area contributed by atoms with Crippen LogP contribution in [0.3, 0.4) is 0 Å². The van der Waals surface area contributed by atoms with Crippen LogP contribution in [0.4, 0.5) is 10.5 Å². The standard InChI is InChI=1S/C18H22N4O2/c1-12-11-15(5-6-16(12)17(23)22(3)4)21-18(24)20-13(2)14-7-9-19-10-8-14/h5-11,13H,1-4H3,(H2,20,21,24)/t13-/m1/s1. The van der Waals surface area contributed by atoms with Gasteiger partial charge in [0, 0.05) is 37.7 Å². The van der Waals surface area contributed by atoms with E-state index >= 15 is 0 Å². The van der Waals surface area contributed by atoms with Crippen molar-refractivity contribution >= 4 is 17.6 Å². The molecule has 0 saturated carbocycles. The molecular weight excluding hydrogens is 304 g/mol. The van der Waals surface area contributed by atoms with Gasteiger partial charge in [-0.2, -0.15) is 0 Å². The molecular formula is C18H22N4O2. The molecule has 0 saturated heterocycles. The fourth-order valence-electron chi connectivity index (χ4n) is 2.32. The van der Waals surface area contributed by atoms with Crippen molar-refractivity contribution in [3.63, 3.8) is 0 Å². The topological polar surface area (TPSA) is 74.3 Å². The average molecular weight is 326 g/mol. The zero-order chi connectivity index (χ0) is 17.7. The van der Waals surface area contributed by atoms with Crippen molar-refractivity contribution in [3.8, 4) is 0 Å². The molecule has 0 aliphatic carbocycles. The molecule has 1 heterocycles. The van der Waals surface area contributed by atoms with E-state index in [1.165, 1.54) is 4.90 Å². The number of pyridine rings is 1. The summed E-state index contributed by atoms with van der Waals surface area (Å²) in [6, 6.07) is 8.51. The summed E-state index contributed by atoms with van der Waals surface area (Å²) < 4.78 is 0. The van der Waals surface area contributed by atoms with E-state index in [0.717, 1.165) is 11.1 Å². The Bertz CT molecular complexity index is 729. The Morgan fingerprint density at radius 3 is 2.38 bits per heavy atom. The summed E-state index contributed by atoms with van der Waals surface area (Å²) in [4.78, 5) is 29.6. The molecule has 1 atom stereocenters. The van der Waals surface area contributed by atoms with Gasteiger partial charge in [0.15, 0.2) is 0 Å². The van der Waals surface area contributed by atoms with Crippen LogP contribution < -0.4 is 10.6 Å². The van der Waals surface area contributed by atoms with Gasteiger partial charge in [-0.3, -0.25) is 9.78 Å². The van der Waals surface area contributed by atoms with Gasteiger partial charge >= 0.3 is 6.03 Å². The summed E-state index contributed by atoms with van der Waals surface area (Å²) in [6.45, 7) is 3.75. The Morgan fingerprint density at radius 2 is 1.79 bits per heavy atom. The Morgan fingerprint density at radius 1 is 1.12 bits per heavy atom. The molecule has 0 aliphatic heterocycles. The lowest BCUT2D eigenvalue weighted by atomic mass is 10.1. The monoisotopic (exact) mass is 326 g/mol. The molecule has 0 bridgehead atoms. The molecule has 3 amide bonds.